The van der Waals surface area contributed by atoms with Gasteiger partial charge in [0.2, 0.25) is 0 Å². The summed E-state index contributed by atoms with van der Waals surface area (Å²) in [6.07, 6.45) is 0. The Morgan fingerprint density at radius 2 is 1.94 bits per heavy atom. The van der Waals surface area contributed by atoms with Crippen molar-refractivity contribution in [2.24, 2.45) is 5.84 Å². The highest BCUT2D eigenvalue weighted by molar-refractivity contribution is 7.98. The Hall–Kier alpha value is -1.23. The van der Waals surface area contributed by atoms with Crippen LogP contribution in [0.1, 0.15) is 5.56 Å². The minimum Gasteiger partial charge on any atom is -0.308 e. The molecule has 5 heteroatoms. The lowest BCUT2D eigenvalue weighted by molar-refractivity contribution is 1.10. The molecule has 0 saturated heterocycles. The van der Waals surface area contributed by atoms with Gasteiger partial charge < -0.3 is 5.43 Å². The van der Waals surface area contributed by atoms with E-state index in [9.17, 15) is 0 Å². The van der Waals surface area contributed by atoms with Gasteiger partial charge in [-0.25, -0.2) is 10.8 Å². The van der Waals surface area contributed by atoms with Crippen molar-refractivity contribution in [3.05, 3.63) is 53.1 Å². The summed E-state index contributed by atoms with van der Waals surface area (Å²) in [7, 11) is 0. The first-order chi connectivity index (χ1) is 8.28. The van der Waals surface area contributed by atoms with Gasteiger partial charge in [0.05, 0.1) is 5.03 Å². The number of hydrogen-bond acceptors (Lipinski definition) is 4. The summed E-state index contributed by atoms with van der Waals surface area (Å²) in [5.41, 5.74) is 3.75. The molecular formula is C12H12ClN3S. The number of nitrogens with zero attached hydrogens (tertiary/aromatic N) is 1. The first-order valence-electron chi connectivity index (χ1n) is 5.09. The van der Waals surface area contributed by atoms with Gasteiger partial charge in [0.1, 0.15) is 5.82 Å². The van der Waals surface area contributed by atoms with E-state index >= 15 is 0 Å². The Bertz CT molecular complexity index is 487. The maximum absolute atomic E-state index is 5.83. The number of hydrogen-bond donors (Lipinski definition) is 2. The Kier molecular flexibility index (Phi) is 4.25. The van der Waals surface area contributed by atoms with Crippen molar-refractivity contribution in [3.63, 3.8) is 0 Å². The largest absolute Gasteiger partial charge is 0.308 e. The van der Waals surface area contributed by atoms with Crippen LogP contribution in [-0.2, 0) is 5.75 Å². The molecule has 0 unspecified atom stereocenters. The van der Waals surface area contributed by atoms with E-state index < -0.39 is 0 Å². The molecule has 1 aromatic carbocycles. The standard InChI is InChI=1S/C12H12ClN3S/c13-10-6-4-9(5-7-10)8-17-12-3-1-2-11(15-12)16-14/h1-7H,8,14H2,(H,15,16). The summed E-state index contributed by atoms with van der Waals surface area (Å²) in [4.78, 5) is 4.32. The number of thioether (sulfide) groups is 1. The van der Waals surface area contributed by atoms with Crippen molar-refractivity contribution in [3.8, 4) is 0 Å². The van der Waals surface area contributed by atoms with Gasteiger partial charge in [0.15, 0.2) is 0 Å². The van der Waals surface area contributed by atoms with Gasteiger partial charge in [-0.05, 0) is 29.8 Å². The minimum atomic E-state index is 0.672. The molecule has 0 amide bonds. The third-order valence-electron chi connectivity index (χ3n) is 2.17. The first-order valence-corrected chi connectivity index (χ1v) is 6.45. The van der Waals surface area contributed by atoms with Crippen molar-refractivity contribution in [1.29, 1.82) is 0 Å². The van der Waals surface area contributed by atoms with Gasteiger partial charge in [-0.2, -0.15) is 0 Å². The highest BCUT2D eigenvalue weighted by Gasteiger charge is 1.99. The number of halogens is 1. The van der Waals surface area contributed by atoms with Gasteiger partial charge in [0.25, 0.3) is 0 Å². The number of aromatic nitrogens is 1. The average molecular weight is 266 g/mol. The van der Waals surface area contributed by atoms with Crippen LogP contribution < -0.4 is 11.3 Å². The predicted octanol–water partition coefficient (Wildman–Crippen LogP) is 3.31. The molecule has 0 aliphatic heterocycles. The summed E-state index contributed by atoms with van der Waals surface area (Å²) in [6.45, 7) is 0. The topological polar surface area (TPSA) is 50.9 Å². The highest BCUT2D eigenvalue weighted by atomic mass is 35.5. The molecule has 0 aliphatic rings. The van der Waals surface area contributed by atoms with Gasteiger partial charge >= 0.3 is 0 Å². The predicted molar refractivity (Wildman–Crippen MR) is 73.1 cm³/mol. The Morgan fingerprint density at radius 3 is 2.65 bits per heavy atom. The Morgan fingerprint density at radius 1 is 1.18 bits per heavy atom. The summed E-state index contributed by atoms with van der Waals surface area (Å²) in [5.74, 6) is 6.84. The zero-order valence-electron chi connectivity index (χ0n) is 9.06. The van der Waals surface area contributed by atoms with Crippen molar-refractivity contribution >= 4 is 29.2 Å². The van der Waals surface area contributed by atoms with E-state index in [1.807, 2.05) is 42.5 Å². The molecule has 0 atom stereocenters. The zero-order chi connectivity index (χ0) is 12.1. The second-order valence-electron chi connectivity index (χ2n) is 3.42. The van der Waals surface area contributed by atoms with E-state index in [-0.39, 0.29) is 0 Å². The van der Waals surface area contributed by atoms with Crippen molar-refractivity contribution in [1.82, 2.24) is 4.98 Å². The average Bonchev–Trinajstić information content (AvgIpc) is 2.38. The van der Waals surface area contributed by atoms with Gasteiger partial charge in [-0.3, -0.25) is 0 Å². The molecule has 0 saturated carbocycles. The normalized spacial score (nSPS) is 10.2. The van der Waals surface area contributed by atoms with Gasteiger partial charge in [-0.1, -0.05) is 29.8 Å². The molecule has 1 heterocycles. The lowest BCUT2D eigenvalue weighted by atomic mass is 10.2. The Balaban J connectivity index is 1.99. The Labute approximate surface area is 109 Å². The molecule has 0 spiro atoms. The van der Waals surface area contributed by atoms with Crippen LogP contribution in [0.25, 0.3) is 0 Å². The smallest absolute Gasteiger partial charge is 0.141 e. The van der Waals surface area contributed by atoms with E-state index in [0.29, 0.717) is 5.82 Å². The number of anilines is 1. The third kappa shape index (κ3) is 3.63. The monoisotopic (exact) mass is 265 g/mol. The third-order valence-corrected chi connectivity index (χ3v) is 3.42. The number of benzene rings is 1. The van der Waals surface area contributed by atoms with Crippen molar-refractivity contribution < 1.29 is 0 Å². The van der Waals surface area contributed by atoms with Crippen LogP contribution in [-0.4, -0.2) is 4.98 Å². The molecule has 0 bridgehead atoms. The number of hydrazine groups is 1. The molecule has 0 radical (unpaired) electrons. The van der Waals surface area contributed by atoms with Crippen LogP contribution in [0.2, 0.25) is 5.02 Å². The number of pyridine rings is 1. The molecule has 3 nitrogen and oxygen atoms in total. The quantitative estimate of drug-likeness (QED) is 0.506. The van der Waals surface area contributed by atoms with Crippen LogP contribution >= 0.6 is 23.4 Å². The van der Waals surface area contributed by atoms with Crippen LogP contribution in [0.3, 0.4) is 0 Å². The number of rotatable bonds is 4. The van der Waals surface area contributed by atoms with E-state index in [4.69, 9.17) is 17.4 Å². The SMILES string of the molecule is NNc1cccc(SCc2ccc(Cl)cc2)n1. The molecule has 17 heavy (non-hydrogen) atoms. The highest BCUT2D eigenvalue weighted by Crippen LogP contribution is 2.22. The molecular weight excluding hydrogens is 254 g/mol. The van der Waals surface area contributed by atoms with E-state index in [1.54, 1.807) is 11.8 Å². The summed E-state index contributed by atoms with van der Waals surface area (Å²) in [6, 6.07) is 13.5. The van der Waals surface area contributed by atoms with Gasteiger partial charge in [0, 0.05) is 10.8 Å². The van der Waals surface area contributed by atoms with Crippen molar-refractivity contribution in [2.45, 2.75) is 10.8 Å². The van der Waals surface area contributed by atoms with Crippen LogP contribution in [0, 0.1) is 0 Å². The van der Waals surface area contributed by atoms with Crippen LogP contribution in [0.15, 0.2) is 47.5 Å². The maximum Gasteiger partial charge on any atom is 0.141 e. The minimum absolute atomic E-state index is 0.672. The van der Waals surface area contributed by atoms with Crippen LogP contribution in [0.5, 0.6) is 0 Å². The van der Waals surface area contributed by atoms with Gasteiger partial charge in [-0.15, -0.1) is 11.8 Å². The maximum atomic E-state index is 5.83. The summed E-state index contributed by atoms with van der Waals surface area (Å²) in [5, 5.41) is 1.70. The fourth-order valence-corrected chi connectivity index (χ4v) is 2.28. The van der Waals surface area contributed by atoms with E-state index in [1.165, 1.54) is 5.56 Å². The second kappa shape index (κ2) is 5.91. The van der Waals surface area contributed by atoms with E-state index in [2.05, 4.69) is 10.4 Å². The summed E-state index contributed by atoms with van der Waals surface area (Å²) >= 11 is 7.49. The van der Waals surface area contributed by atoms with E-state index in [0.717, 1.165) is 15.8 Å². The van der Waals surface area contributed by atoms with Crippen molar-refractivity contribution in [2.75, 3.05) is 5.43 Å². The number of nitrogens with one attached hydrogen (secondary N) is 1. The lowest BCUT2D eigenvalue weighted by Gasteiger charge is -2.03. The fraction of sp³-hybridized carbons (Fsp3) is 0.0833. The molecule has 2 rings (SSSR count). The zero-order valence-corrected chi connectivity index (χ0v) is 10.6. The molecule has 0 fully saturated rings. The molecule has 3 N–H and O–H groups in total. The summed E-state index contributed by atoms with van der Waals surface area (Å²) < 4.78 is 0. The lowest BCUT2D eigenvalue weighted by Crippen LogP contribution is -2.08. The molecule has 2 aromatic rings. The number of nitrogens with two attached hydrogens (primary N) is 1. The molecule has 1 aromatic heterocycles. The first kappa shape index (κ1) is 12.2. The second-order valence-corrected chi connectivity index (χ2v) is 4.85. The van der Waals surface area contributed by atoms with Crippen LogP contribution in [0.4, 0.5) is 5.82 Å². The molecule has 0 aliphatic carbocycles. The molecule has 88 valence electrons. The number of nitrogen functional groups attached to an aromatic ring is 1. The fourth-order valence-electron chi connectivity index (χ4n) is 1.31.